The van der Waals surface area contributed by atoms with Gasteiger partial charge in [-0.05, 0) is 68.3 Å². The number of aryl methyl sites for hydroxylation is 1. The molecule has 0 spiro atoms. The maximum absolute atomic E-state index is 13.0. The molecule has 0 fully saturated rings. The summed E-state index contributed by atoms with van der Waals surface area (Å²) < 4.78 is 12.5. The van der Waals surface area contributed by atoms with E-state index < -0.39 is 5.60 Å². The summed E-state index contributed by atoms with van der Waals surface area (Å²) in [6.45, 7) is 5.62. The standard InChI is InChI=1S/C23H26N2O4S/c1-5-16-14-17(6-11-20(16)29-15-23(2,3)27)25-13-12-24-21(22(25)26)30-19-9-7-18(28-4)8-10-19/h6-14,27H,5,15H2,1-4H3. The molecule has 0 aliphatic rings. The molecule has 0 radical (unpaired) electrons. The van der Waals surface area contributed by atoms with E-state index in [1.807, 2.05) is 49.4 Å². The molecule has 0 aliphatic heterocycles. The van der Waals surface area contributed by atoms with Gasteiger partial charge >= 0.3 is 0 Å². The first-order valence-corrected chi connectivity index (χ1v) is 10.5. The van der Waals surface area contributed by atoms with Crippen LogP contribution in [-0.4, -0.2) is 34.0 Å². The lowest BCUT2D eigenvalue weighted by Crippen LogP contribution is -2.28. The summed E-state index contributed by atoms with van der Waals surface area (Å²) in [5, 5.41) is 10.3. The number of ether oxygens (including phenoxy) is 2. The number of rotatable bonds is 8. The van der Waals surface area contributed by atoms with Crippen LogP contribution in [0.3, 0.4) is 0 Å². The Morgan fingerprint density at radius 2 is 1.90 bits per heavy atom. The van der Waals surface area contributed by atoms with E-state index in [4.69, 9.17) is 9.47 Å². The van der Waals surface area contributed by atoms with Crippen LogP contribution in [0, 0.1) is 0 Å². The number of aliphatic hydroxyl groups is 1. The van der Waals surface area contributed by atoms with E-state index in [1.54, 1.807) is 37.9 Å². The van der Waals surface area contributed by atoms with Gasteiger partial charge in [-0.2, -0.15) is 0 Å². The first kappa shape index (κ1) is 21.9. The molecular formula is C23H26N2O4S. The van der Waals surface area contributed by atoms with Crippen molar-refractivity contribution in [3.63, 3.8) is 0 Å². The van der Waals surface area contributed by atoms with Crippen molar-refractivity contribution in [2.45, 2.75) is 42.7 Å². The Bertz CT molecular complexity index is 1060. The topological polar surface area (TPSA) is 73.6 Å². The number of hydrogen-bond acceptors (Lipinski definition) is 6. The molecule has 1 aromatic heterocycles. The Labute approximate surface area is 180 Å². The Kier molecular flexibility index (Phi) is 6.84. The zero-order chi connectivity index (χ0) is 21.7. The van der Waals surface area contributed by atoms with E-state index in [2.05, 4.69) is 4.98 Å². The highest BCUT2D eigenvalue weighted by Gasteiger charge is 2.15. The molecular weight excluding hydrogens is 400 g/mol. The lowest BCUT2D eigenvalue weighted by molar-refractivity contribution is 0.0282. The lowest BCUT2D eigenvalue weighted by atomic mass is 10.1. The molecule has 3 rings (SSSR count). The van der Waals surface area contributed by atoms with Crippen molar-refractivity contribution in [3.05, 3.63) is 70.8 Å². The smallest absolute Gasteiger partial charge is 0.287 e. The van der Waals surface area contributed by atoms with Gasteiger partial charge in [-0.15, -0.1) is 0 Å². The minimum absolute atomic E-state index is 0.189. The zero-order valence-electron chi connectivity index (χ0n) is 17.6. The number of benzene rings is 2. The van der Waals surface area contributed by atoms with Crippen LogP contribution in [0.1, 0.15) is 26.3 Å². The molecule has 0 saturated heterocycles. The third-order valence-corrected chi connectivity index (χ3v) is 5.35. The highest BCUT2D eigenvalue weighted by molar-refractivity contribution is 7.99. The van der Waals surface area contributed by atoms with Crippen LogP contribution in [-0.2, 0) is 6.42 Å². The van der Waals surface area contributed by atoms with Crippen LogP contribution in [0.2, 0.25) is 0 Å². The van der Waals surface area contributed by atoms with Gasteiger partial charge in [0.15, 0.2) is 5.03 Å². The fourth-order valence-corrected chi connectivity index (χ4v) is 3.60. The Hall–Kier alpha value is -2.77. The summed E-state index contributed by atoms with van der Waals surface area (Å²) in [6.07, 6.45) is 4.02. The molecule has 7 heteroatoms. The average Bonchev–Trinajstić information content (AvgIpc) is 2.73. The molecule has 6 nitrogen and oxygen atoms in total. The fourth-order valence-electron chi connectivity index (χ4n) is 2.81. The fraction of sp³-hybridized carbons (Fsp3) is 0.304. The quantitative estimate of drug-likeness (QED) is 0.585. The van der Waals surface area contributed by atoms with Gasteiger partial charge in [0.1, 0.15) is 18.1 Å². The van der Waals surface area contributed by atoms with Crippen LogP contribution in [0.15, 0.2) is 69.6 Å². The van der Waals surface area contributed by atoms with Gasteiger partial charge in [-0.25, -0.2) is 4.98 Å². The molecule has 158 valence electrons. The van der Waals surface area contributed by atoms with Gasteiger partial charge in [0.05, 0.1) is 12.7 Å². The third-order valence-electron chi connectivity index (χ3n) is 4.37. The summed E-state index contributed by atoms with van der Waals surface area (Å²) in [5.41, 5.74) is 0.598. The predicted molar refractivity (Wildman–Crippen MR) is 118 cm³/mol. The normalized spacial score (nSPS) is 11.4. The molecule has 30 heavy (non-hydrogen) atoms. The molecule has 0 aliphatic carbocycles. The Morgan fingerprint density at radius 1 is 1.17 bits per heavy atom. The van der Waals surface area contributed by atoms with Crippen molar-refractivity contribution in [2.24, 2.45) is 0 Å². The van der Waals surface area contributed by atoms with Gasteiger partial charge in [-0.3, -0.25) is 9.36 Å². The van der Waals surface area contributed by atoms with Crippen LogP contribution in [0.25, 0.3) is 5.69 Å². The van der Waals surface area contributed by atoms with Crippen molar-refractivity contribution in [1.82, 2.24) is 9.55 Å². The van der Waals surface area contributed by atoms with Crippen LogP contribution in [0.5, 0.6) is 11.5 Å². The average molecular weight is 427 g/mol. The number of aromatic nitrogens is 2. The molecule has 0 bridgehead atoms. The lowest BCUT2D eigenvalue weighted by Gasteiger charge is -2.20. The van der Waals surface area contributed by atoms with E-state index in [-0.39, 0.29) is 12.2 Å². The maximum Gasteiger partial charge on any atom is 0.287 e. The highest BCUT2D eigenvalue weighted by Crippen LogP contribution is 2.27. The second-order valence-corrected chi connectivity index (χ2v) is 8.49. The number of hydrogen-bond donors (Lipinski definition) is 1. The SMILES string of the molecule is CCc1cc(-n2ccnc(Sc3ccc(OC)cc3)c2=O)ccc1OCC(C)(C)O. The van der Waals surface area contributed by atoms with E-state index in [9.17, 15) is 9.90 Å². The van der Waals surface area contributed by atoms with E-state index in [0.717, 1.165) is 28.3 Å². The second-order valence-electron chi connectivity index (χ2n) is 7.43. The van der Waals surface area contributed by atoms with Crippen LogP contribution >= 0.6 is 11.8 Å². The molecule has 0 saturated carbocycles. The Morgan fingerprint density at radius 3 is 2.53 bits per heavy atom. The van der Waals surface area contributed by atoms with Gasteiger partial charge in [0.25, 0.3) is 5.56 Å². The highest BCUT2D eigenvalue weighted by atomic mass is 32.2. The van der Waals surface area contributed by atoms with Gasteiger partial charge in [0, 0.05) is 23.0 Å². The first-order valence-electron chi connectivity index (χ1n) is 9.69. The largest absolute Gasteiger partial charge is 0.497 e. The third kappa shape index (κ3) is 5.43. The molecule has 3 aromatic rings. The van der Waals surface area contributed by atoms with Crippen molar-refractivity contribution >= 4 is 11.8 Å². The molecule has 1 heterocycles. The van der Waals surface area contributed by atoms with Crippen molar-refractivity contribution in [2.75, 3.05) is 13.7 Å². The number of nitrogens with zero attached hydrogens (tertiary/aromatic N) is 2. The summed E-state index contributed by atoms with van der Waals surface area (Å²) in [5.74, 6) is 1.47. The van der Waals surface area contributed by atoms with E-state index in [1.165, 1.54) is 11.8 Å². The molecule has 0 atom stereocenters. The van der Waals surface area contributed by atoms with Crippen LogP contribution in [0.4, 0.5) is 0 Å². The van der Waals surface area contributed by atoms with Crippen LogP contribution < -0.4 is 15.0 Å². The van der Waals surface area contributed by atoms with Gasteiger partial charge < -0.3 is 14.6 Å². The monoisotopic (exact) mass is 426 g/mol. The molecule has 0 unspecified atom stereocenters. The summed E-state index contributed by atoms with van der Waals surface area (Å²) in [6, 6.07) is 13.1. The summed E-state index contributed by atoms with van der Waals surface area (Å²) >= 11 is 1.31. The molecule has 0 amide bonds. The minimum Gasteiger partial charge on any atom is -0.497 e. The van der Waals surface area contributed by atoms with Gasteiger partial charge in [0.2, 0.25) is 0 Å². The maximum atomic E-state index is 13.0. The van der Waals surface area contributed by atoms with Crippen molar-refractivity contribution in [1.29, 1.82) is 0 Å². The number of methoxy groups -OCH3 is 1. The second kappa shape index (κ2) is 9.36. The van der Waals surface area contributed by atoms with Crippen molar-refractivity contribution < 1.29 is 14.6 Å². The molecule has 1 N–H and O–H groups in total. The minimum atomic E-state index is -0.917. The van der Waals surface area contributed by atoms with E-state index in [0.29, 0.717) is 10.8 Å². The summed E-state index contributed by atoms with van der Waals surface area (Å²) in [7, 11) is 1.62. The Balaban J connectivity index is 1.88. The first-order chi connectivity index (χ1) is 14.3. The molecule has 2 aromatic carbocycles. The summed E-state index contributed by atoms with van der Waals surface area (Å²) in [4.78, 5) is 18.2. The predicted octanol–water partition coefficient (Wildman–Crippen LogP) is 4.10. The van der Waals surface area contributed by atoms with Gasteiger partial charge in [-0.1, -0.05) is 18.7 Å². The van der Waals surface area contributed by atoms with E-state index >= 15 is 0 Å². The van der Waals surface area contributed by atoms with Crippen molar-refractivity contribution in [3.8, 4) is 17.2 Å². The zero-order valence-corrected chi connectivity index (χ0v) is 18.4.